The third kappa shape index (κ3) is 5.54. The van der Waals surface area contributed by atoms with E-state index in [0.29, 0.717) is 5.92 Å². The molecule has 2 nitrogen and oxygen atoms in total. The summed E-state index contributed by atoms with van der Waals surface area (Å²) in [6.07, 6.45) is 1.16. The highest BCUT2D eigenvalue weighted by Crippen LogP contribution is 2.20. The van der Waals surface area contributed by atoms with Crippen LogP contribution in [0.15, 0.2) is 29.2 Å². The van der Waals surface area contributed by atoms with Crippen molar-refractivity contribution in [1.82, 2.24) is 5.32 Å². The standard InChI is InChI=1S/C13H21NOS/c1-11-4-6-13(7-5-11)16-15-10-12(2)8-9-14-3/h4-7,12,14H,8-10H2,1-3H3. The van der Waals surface area contributed by atoms with Gasteiger partial charge >= 0.3 is 0 Å². The maximum Gasteiger partial charge on any atom is 0.0644 e. The van der Waals surface area contributed by atoms with Crippen molar-refractivity contribution in [3.8, 4) is 0 Å². The molecular formula is C13H21NOS. The normalized spacial score (nSPS) is 12.7. The van der Waals surface area contributed by atoms with Crippen LogP contribution in [0.25, 0.3) is 0 Å². The Morgan fingerprint density at radius 2 is 2.00 bits per heavy atom. The lowest BCUT2D eigenvalue weighted by Crippen LogP contribution is -2.13. The number of nitrogens with one attached hydrogen (secondary N) is 1. The van der Waals surface area contributed by atoms with Crippen molar-refractivity contribution in [3.63, 3.8) is 0 Å². The van der Waals surface area contributed by atoms with E-state index in [0.717, 1.165) is 19.6 Å². The van der Waals surface area contributed by atoms with E-state index in [4.69, 9.17) is 4.18 Å². The van der Waals surface area contributed by atoms with Gasteiger partial charge in [0.2, 0.25) is 0 Å². The Balaban J connectivity index is 2.17. The maximum atomic E-state index is 5.61. The number of hydrogen-bond acceptors (Lipinski definition) is 3. The summed E-state index contributed by atoms with van der Waals surface area (Å²) in [5.41, 5.74) is 1.28. The predicted molar refractivity (Wildman–Crippen MR) is 70.7 cm³/mol. The van der Waals surface area contributed by atoms with Crippen LogP contribution in [0.4, 0.5) is 0 Å². The fourth-order valence-corrected chi connectivity index (χ4v) is 1.97. The van der Waals surface area contributed by atoms with E-state index in [1.54, 1.807) is 0 Å². The van der Waals surface area contributed by atoms with Gasteiger partial charge in [-0.3, -0.25) is 0 Å². The summed E-state index contributed by atoms with van der Waals surface area (Å²) in [6.45, 7) is 6.17. The third-order valence-corrected chi connectivity index (χ3v) is 3.13. The van der Waals surface area contributed by atoms with Crippen molar-refractivity contribution >= 4 is 12.0 Å². The molecule has 1 aromatic rings. The average Bonchev–Trinajstić information content (AvgIpc) is 2.29. The smallest absolute Gasteiger partial charge is 0.0644 e. The predicted octanol–water partition coefficient (Wildman–Crippen LogP) is 3.26. The molecule has 1 atom stereocenters. The van der Waals surface area contributed by atoms with E-state index in [1.165, 1.54) is 22.5 Å². The molecule has 1 aromatic carbocycles. The topological polar surface area (TPSA) is 21.3 Å². The lowest BCUT2D eigenvalue weighted by molar-refractivity contribution is 0.290. The van der Waals surface area contributed by atoms with Crippen molar-refractivity contribution in [2.45, 2.75) is 25.2 Å². The highest BCUT2D eigenvalue weighted by atomic mass is 32.2. The molecule has 0 fully saturated rings. The van der Waals surface area contributed by atoms with Crippen molar-refractivity contribution < 1.29 is 4.18 Å². The van der Waals surface area contributed by atoms with Gasteiger partial charge in [-0.2, -0.15) is 0 Å². The quantitative estimate of drug-likeness (QED) is 0.738. The highest BCUT2D eigenvalue weighted by Gasteiger charge is 2.02. The molecule has 0 aromatic heterocycles. The van der Waals surface area contributed by atoms with Crippen LogP contribution in [0.2, 0.25) is 0 Å². The molecule has 0 amide bonds. The third-order valence-electron chi connectivity index (χ3n) is 2.42. The molecule has 0 saturated carbocycles. The fraction of sp³-hybridized carbons (Fsp3) is 0.538. The molecule has 16 heavy (non-hydrogen) atoms. The second kappa shape index (κ2) is 7.71. The number of rotatable bonds is 7. The molecule has 3 heteroatoms. The molecule has 0 radical (unpaired) electrons. The van der Waals surface area contributed by atoms with Crippen molar-refractivity contribution in [2.24, 2.45) is 5.92 Å². The second-order valence-corrected chi connectivity index (χ2v) is 5.05. The minimum atomic E-state index is 0.602. The van der Waals surface area contributed by atoms with Gasteiger partial charge < -0.3 is 9.50 Å². The molecule has 1 N–H and O–H groups in total. The van der Waals surface area contributed by atoms with E-state index < -0.39 is 0 Å². The van der Waals surface area contributed by atoms with E-state index >= 15 is 0 Å². The largest absolute Gasteiger partial charge is 0.320 e. The first-order chi connectivity index (χ1) is 7.72. The van der Waals surface area contributed by atoms with E-state index in [1.807, 2.05) is 7.05 Å². The Morgan fingerprint density at radius 1 is 1.31 bits per heavy atom. The van der Waals surface area contributed by atoms with Gasteiger partial charge in [0.1, 0.15) is 0 Å². The fourth-order valence-electron chi connectivity index (χ4n) is 1.29. The van der Waals surface area contributed by atoms with Gasteiger partial charge in [0.25, 0.3) is 0 Å². The van der Waals surface area contributed by atoms with Crippen LogP contribution in [-0.4, -0.2) is 20.2 Å². The summed E-state index contributed by atoms with van der Waals surface area (Å²) < 4.78 is 5.61. The van der Waals surface area contributed by atoms with Crippen LogP contribution < -0.4 is 5.32 Å². The minimum absolute atomic E-state index is 0.602. The first-order valence-corrected chi connectivity index (χ1v) is 6.47. The summed E-state index contributed by atoms with van der Waals surface area (Å²) in [4.78, 5) is 1.17. The van der Waals surface area contributed by atoms with Gasteiger partial charge in [0.15, 0.2) is 0 Å². The Hall–Kier alpha value is -0.510. The SMILES string of the molecule is CNCCC(C)COSc1ccc(C)cc1. The first kappa shape index (κ1) is 13.6. The van der Waals surface area contributed by atoms with Crippen molar-refractivity contribution in [2.75, 3.05) is 20.2 Å². The lowest BCUT2D eigenvalue weighted by Gasteiger charge is -2.10. The number of hydrogen-bond donors (Lipinski definition) is 1. The van der Waals surface area contributed by atoms with Crippen molar-refractivity contribution in [3.05, 3.63) is 29.8 Å². The van der Waals surface area contributed by atoms with Crippen LogP contribution in [-0.2, 0) is 4.18 Å². The van der Waals surface area contributed by atoms with Crippen LogP contribution in [0.3, 0.4) is 0 Å². The molecular weight excluding hydrogens is 218 g/mol. The lowest BCUT2D eigenvalue weighted by atomic mass is 10.1. The summed E-state index contributed by atoms with van der Waals surface area (Å²) in [5.74, 6) is 0.602. The van der Waals surface area contributed by atoms with Crippen LogP contribution >= 0.6 is 12.0 Å². The molecule has 1 rings (SSSR count). The molecule has 0 saturated heterocycles. The monoisotopic (exact) mass is 239 g/mol. The van der Waals surface area contributed by atoms with Crippen molar-refractivity contribution in [1.29, 1.82) is 0 Å². The molecule has 0 aliphatic rings. The zero-order chi connectivity index (χ0) is 11.8. The van der Waals surface area contributed by atoms with E-state index in [2.05, 4.69) is 43.4 Å². The Kier molecular flexibility index (Phi) is 6.53. The first-order valence-electron chi connectivity index (χ1n) is 5.73. The molecule has 0 spiro atoms. The van der Waals surface area contributed by atoms with Gasteiger partial charge in [0.05, 0.1) is 6.61 Å². The zero-order valence-corrected chi connectivity index (χ0v) is 11.1. The van der Waals surface area contributed by atoms with Crippen LogP contribution in [0.5, 0.6) is 0 Å². The minimum Gasteiger partial charge on any atom is -0.320 e. The Labute approximate surface area is 103 Å². The summed E-state index contributed by atoms with van der Waals surface area (Å²) >= 11 is 1.47. The highest BCUT2D eigenvalue weighted by molar-refractivity contribution is 7.94. The second-order valence-electron chi connectivity index (χ2n) is 4.18. The van der Waals surface area contributed by atoms with Crippen LogP contribution in [0, 0.1) is 12.8 Å². The Morgan fingerprint density at radius 3 is 2.62 bits per heavy atom. The molecule has 0 aliphatic heterocycles. The molecule has 90 valence electrons. The number of benzene rings is 1. The molecule has 1 unspecified atom stereocenters. The zero-order valence-electron chi connectivity index (χ0n) is 10.3. The molecule has 0 heterocycles. The average molecular weight is 239 g/mol. The Bertz CT molecular complexity index is 286. The maximum absolute atomic E-state index is 5.61. The van der Waals surface area contributed by atoms with E-state index in [9.17, 15) is 0 Å². The summed E-state index contributed by atoms with van der Waals surface area (Å²) in [7, 11) is 1.98. The number of aryl methyl sites for hydroxylation is 1. The molecule has 0 aliphatic carbocycles. The van der Waals surface area contributed by atoms with Gasteiger partial charge in [-0.25, -0.2) is 0 Å². The summed E-state index contributed by atoms with van der Waals surface area (Å²) in [6, 6.07) is 8.41. The molecule has 0 bridgehead atoms. The summed E-state index contributed by atoms with van der Waals surface area (Å²) in [5, 5.41) is 3.15. The van der Waals surface area contributed by atoms with Crippen LogP contribution in [0.1, 0.15) is 18.9 Å². The van der Waals surface area contributed by atoms with Gasteiger partial charge in [0, 0.05) is 16.9 Å². The van der Waals surface area contributed by atoms with Gasteiger partial charge in [-0.1, -0.05) is 24.6 Å². The van der Waals surface area contributed by atoms with E-state index in [-0.39, 0.29) is 0 Å². The van der Waals surface area contributed by atoms with Gasteiger partial charge in [-0.15, -0.1) is 0 Å². The van der Waals surface area contributed by atoms with Gasteiger partial charge in [-0.05, 0) is 45.0 Å².